The number of hydrogen-bond acceptors (Lipinski definition) is 2. The van der Waals surface area contributed by atoms with E-state index in [0.29, 0.717) is 6.04 Å². The lowest BCUT2D eigenvalue weighted by Crippen LogP contribution is -2.28. The molecular weight excluding hydrogens is 238 g/mol. The zero-order valence-electron chi connectivity index (χ0n) is 11.4. The summed E-state index contributed by atoms with van der Waals surface area (Å²) in [6.45, 7) is 4.30. The van der Waals surface area contributed by atoms with Gasteiger partial charge in [-0.25, -0.2) is 4.79 Å². The van der Waals surface area contributed by atoms with Crippen molar-refractivity contribution in [1.29, 1.82) is 0 Å². The predicted molar refractivity (Wildman–Crippen MR) is 76.8 cm³/mol. The first-order valence-corrected chi connectivity index (χ1v) is 6.93. The molecule has 1 N–H and O–H groups in total. The number of rotatable bonds is 5. The molecule has 0 saturated carbocycles. The third-order valence-corrected chi connectivity index (χ3v) is 3.80. The van der Waals surface area contributed by atoms with Crippen molar-refractivity contribution in [2.75, 3.05) is 6.54 Å². The first-order chi connectivity index (χ1) is 9.20. The molecule has 1 aromatic carbocycles. The van der Waals surface area contributed by atoms with E-state index in [1.807, 2.05) is 18.2 Å². The van der Waals surface area contributed by atoms with Crippen LogP contribution in [0.5, 0.6) is 0 Å². The molecule has 0 amide bonds. The largest absolute Gasteiger partial charge is 0.478 e. The smallest absolute Gasteiger partial charge is 0.328 e. The molecule has 1 unspecified atom stereocenters. The average Bonchev–Trinajstić information content (AvgIpc) is 2.85. The molecule has 1 aliphatic rings. The Labute approximate surface area is 114 Å². The van der Waals surface area contributed by atoms with Crippen molar-refractivity contribution in [2.24, 2.45) is 0 Å². The number of aliphatic carboxylic acids is 1. The summed E-state index contributed by atoms with van der Waals surface area (Å²) in [7, 11) is 0. The lowest BCUT2D eigenvalue weighted by molar-refractivity contribution is -0.131. The van der Waals surface area contributed by atoms with Gasteiger partial charge in [-0.3, -0.25) is 4.90 Å². The minimum atomic E-state index is -0.901. The Balaban J connectivity index is 2.13. The number of benzene rings is 1. The highest BCUT2D eigenvalue weighted by atomic mass is 16.4. The maximum absolute atomic E-state index is 10.6. The molecule has 0 aliphatic carbocycles. The van der Waals surface area contributed by atoms with Crippen LogP contribution in [-0.2, 0) is 11.3 Å². The van der Waals surface area contributed by atoms with Crippen LogP contribution in [0.25, 0.3) is 6.08 Å². The van der Waals surface area contributed by atoms with Crippen molar-refractivity contribution in [3.8, 4) is 0 Å². The van der Waals surface area contributed by atoms with Crippen molar-refractivity contribution < 1.29 is 9.90 Å². The fourth-order valence-corrected chi connectivity index (χ4v) is 2.79. The van der Waals surface area contributed by atoms with E-state index in [1.165, 1.54) is 30.9 Å². The molecule has 1 atom stereocenters. The summed E-state index contributed by atoms with van der Waals surface area (Å²) in [5.74, 6) is -0.901. The number of hydrogen-bond donors (Lipinski definition) is 1. The van der Waals surface area contributed by atoms with Gasteiger partial charge in [-0.05, 0) is 43.0 Å². The number of likely N-dealkylation sites (tertiary alicyclic amines) is 1. The monoisotopic (exact) mass is 259 g/mol. The number of carboxylic acids is 1. The molecule has 19 heavy (non-hydrogen) atoms. The van der Waals surface area contributed by atoms with E-state index in [2.05, 4.69) is 17.9 Å². The lowest BCUT2D eigenvalue weighted by atomic mass is 10.1. The standard InChI is InChI=1S/C16H21NO2/c1-2-15-8-5-11-17(15)12-14-7-4-3-6-13(14)9-10-16(18)19/h3-4,6-7,9-10,15H,2,5,8,11-12H2,1H3,(H,18,19). The van der Waals surface area contributed by atoms with Crippen molar-refractivity contribution in [2.45, 2.75) is 38.8 Å². The van der Waals surface area contributed by atoms with E-state index < -0.39 is 5.97 Å². The molecule has 1 heterocycles. The van der Waals surface area contributed by atoms with Crippen LogP contribution in [0.15, 0.2) is 30.3 Å². The van der Waals surface area contributed by atoms with Gasteiger partial charge in [0.2, 0.25) is 0 Å². The van der Waals surface area contributed by atoms with Crippen molar-refractivity contribution in [1.82, 2.24) is 4.90 Å². The number of carbonyl (C=O) groups is 1. The molecule has 1 aromatic rings. The van der Waals surface area contributed by atoms with Gasteiger partial charge in [-0.1, -0.05) is 31.2 Å². The first-order valence-electron chi connectivity index (χ1n) is 6.93. The number of carboxylic acid groups (broad SMARTS) is 1. The quantitative estimate of drug-likeness (QED) is 0.826. The Morgan fingerprint density at radius 1 is 1.47 bits per heavy atom. The van der Waals surface area contributed by atoms with Crippen LogP contribution >= 0.6 is 0 Å². The number of nitrogens with zero attached hydrogens (tertiary/aromatic N) is 1. The van der Waals surface area contributed by atoms with Crippen LogP contribution in [0.3, 0.4) is 0 Å². The first kappa shape index (κ1) is 13.8. The summed E-state index contributed by atoms with van der Waals surface area (Å²) in [4.78, 5) is 13.1. The molecular formula is C16H21NO2. The fourth-order valence-electron chi connectivity index (χ4n) is 2.79. The van der Waals surface area contributed by atoms with E-state index in [1.54, 1.807) is 6.08 Å². The van der Waals surface area contributed by atoms with Gasteiger partial charge < -0.3 is 5.11 Å². The minimum Gasteiger partial charge on any atom is -0.478 e. The third-order valence-electron chi connectivity index (χ3n) is 3.80. The molecule has 0 radical (unpaired) electrons. The zero-order chi connectivity index (χ0) is 13.7. The van der Waals surface area contributed by atoms with Crippen LogP contribution in [0, 0.1) is 0 Å². The third kappa shape index (κ3) is 3.67. The molecule has 1 aliphatic heterocycles. The predicted octanol–water partition coefficient (Wildman–Crippen LogP) is 3.16. The van der Waals surface area contributed by atoms with Gasteiger partial charge in [0.05, 0.1) is 0 Å². The second-order valence-corrected chi connectivity index (χ2v) is 5.05. The minimum absolute atomic E-state index is 0.677. The zero-order valence-corrected chi connectivity index (χ0v) is 11.4. The van der Waals surface area contributed by atoms with Gasteiger partial charge in [-0.15, -0.1) is 0 Å². The average molecular weight is 259 g/mol. The topological polar surface area (TPSA) is 40.5 Å². The lowest BCUT2D eigenvalue weighted by Gasteiger charge is -2.24. The van der Waals surface area contributed by atoms with E-state index >= 15 is 0 Å². The Hall–Kier alpha value is -1.61. The van der Waals surface area contributed by atoms with E-state index in [4.69, 9.17) is 5.11 Å². The summed E-state index contributed by atoms with van der Waals surface area (Å²) < 4.78 is 0. The van der Waals surface area contributed by atoms with Gasteiger partial charge in [0.25, 0.3) is 0 Å². The Bertz CT molecular complexity index is 468. The highest BCUT2D eigenvalue weighted by molar-refractivity contribution is 5.85. The Kier molecular flexibility index (Phi) is 4.74. The van der Waals surface area contributed by atoms with E-state index in [-0.39, 0.29) is 0 Å². The molecule has 3 nitrogen and oxygen atoms in total. The molecule has 1 fully saturated rings. The summed E-state index contributed by atoms with van der Waals surface area (Å²) in [6, 6.07) is 8.71. The van der Waals surface area contributed by atoms with Crippen LogP contribution in [0.2, 0.25) is 0 Å². The van der Waals surface area contributed by atoms with Crippen LogP contribution in [-0.4, -0.2) is 28.6 Å². The SMILES string of the molecule is CCC1CCCN1Cc1ccccc1C=CC(=O)O. The normalized spacial score (nSPS) is 20.2. The van der Waals surface area contributed by atoms with Crippen LogP contribution in [0.4, 0.5) is 0 Å². The van der Waals surface area contributed by atoms with Gasteiger partial charge in [0.15, 0.2) is 0 Å². The van der Waals surface area contributed by atoms with Gasteiger partial charge in [0.1, 0.15) is 0 Å². The molecule has 1 saturated heterocycles. The van der Waals surface area contributed by atoms with Crippen LogP contribution < -0.4 is 0 Å². The molecule has 3 heteroatoms. The molecule has 102 valence electrons. The molecule has 0 bridgehead atoms. The van der Waals surface area contributed by atoms with Crippen molar-refractivity contribution in [3.63, 3.8) is 0 Å². The summed E-state index contributed by atoms with van der Waals surface area (Å²) in [5.41, 5.74) is 2.21. The fraction of sp³-hybridized carbons (Fsp3) is 0.438. The van der Waals surface area contributed by atoms with Crippen molar-refractivity contribution in [3.05, 3.63) is 41.5 Å². The van der Waals surface area contributed by atoms with Gasteiger partial charge in [0, 0.05) is 18.7 Å². The molecule has 0 spiro atoms. The Morgan fingerprint density at radius 2 is 2.26 bits per heavy atom. The highest BCUT2D eigenvalue weighted by Gasteiger charge is 2.22. The molecule has 0 aromatic heterocycles. The maximum atomic E-state index is 10.6. The van der Waals surface area contributed by atoms with E-state index in [0.717, 1.165) is 18.7 Å². The second-order valence-electron chi connectivity index (χ2n) is 5.05. The summed E-state index contributed by atoms with van der Waals surface area (Å²) >= 11 is 0. The van der Waals surface area contributed by atoms with E-state index in [9.17, 15) is 4.79 Å². The van der Waals surface area contributed by atoms with Gasteiger partial charge in [-0.2, -0.15) is 0 Å². The summed E-state index contributed by atoms with van der Waals surface area (Å²) in [6.07, 6.45) is 6.64. The van der Waals surface area contributed by atoms with Crippen LogP contribution in [0.1, 0.15) is 37.3 Å². The Morgan fingerprint density at radius 3 is 3.00 bits per heavy atom. The van der Waals surface area contributed by atoms with Crippen molar-refractivity contribution >= 4 is 12.0 Å². The maximum Gasteiger partial charge on any atom is 0.328 e. The van der Waals surface area contributed by atoms with Gasteiger partial charge >= 0.3 is 5.97 Å². The highest BCUT2D eigenvalue weighted by Crippen LogP contribution is 2.23. The molecule has 2 rings (SSSR count). The second kappa shape index (κ2) is 6.53. The summed E-state index contributed by atoms with van der Waals surface area (Å²) in [5, 5.41) is 8.73.